The zero-order chi connectivity index (χ0) is 22.9. The normalized spacial score (nSPS) is 26.2. The zero-order valence-corrected chi connectivity index (χ0v) is 19.4. The Hall–Kier alpha value is -0.730. The number of hydrogen-bond donors (Lipinski definition) is 4. The van der Waals surface area contributed by atoms with Gasteiger partial charge in [0.2, 0.25) is 0 Å². The highest BCUT2D eigenvalue weighted by Crippen LogP contribution is 2.21. The van der Waals surface area contributed by atoms with E-state index in [4.69, 9.17) is 9.47 Å². The number of rotatable bonds is 18. The fourth-order valence-corrected chi connectivity index (χ4v) is 3.96. The van der Waals surface area contributed by atoms with Crippen LogP contribution in [0.2, 0.25) is 0 Å². The van der Waals surface area contributed by atoms with Crippen molar-refractivity contribution in [3.8, 4) is 0 Å². The summed E-state index contributed by atoms with van der Waals surface area (Å²) < 4.78 is 9.92. The summed E-state index contributed by atoms with van der Waals surface area (Å²) in [7, 11) is 0. The summed E-state index contributed by atoms with van der Waals surface area (Å²) in [6, 6.07) is 0. The van der Waals surface area contributed by atoms with Crippen molar-refractivity contribution in [1.29, 1.82) is 0 Å². The van der Waals surface area contributed by atoms with Gasteiger partial charge in [0.25, 0.3) is 0 Å². The third kappa shape index (κ3) is 12.2. The van der Waals surface area contributed by atoms with Gasteiger partial charge >= 0.3 is 5.97 Å². The Kier molecular flexibility index (Phi) is 16.2. The molecule has 0 saturated carbocycles. The van der Waals surface area contributed by atoms with E-state index in [0.29, 0.717) is 0 Å². The highest BCUT2D eigenvalue weighted by atomic mass is 16.7. The maximum Gasteiger partial charge on any atom is 0.338 e. The quantitative estimate of drug-likeness (QED) is 0.188. The summed E-state index contributed by atoms with van der Waals surface area (Å²) in [6.07, 6.45) is 12.1. The molecule has 1 fully saturated rings. The van der Waals surface area contributed by atoms with Crippen molar-refractivity contribution < 1.29 is 34.7 Å². The number of carbonyl (C=O) groups excluding carboxylic acids is 1. The number of hydrogen-bond acceptors (Lipinski definition) is 7. The molecule has 5 atom stereocenters. The number of aliphatic hydroxyl groups is 4. The van der Waals surface area contributed by atoms with Crippen LogP contribution in [0.1, 0.15) is 110 Å². The molecule has 1 rings (SSSR count). The Balaban J connectivity index is 1.88. The summed E-state index contributed by atoms with van der Waals surface area (Å²) in [5.74, 6) is -0.835. The Labute approximate surface area is 188 Å². The molecule has 0 spiro atoms. The van der Waals surface area contributed by atoms with Gasteiger partial charge in [-0.05, 0) is 6.42 Å². The minimum Gasteiger partial charge on any atom is -0.464 e. The first-order chi connectivity index (χ1) is 15.0. The maximum absolute atomic E-state index is 12.0. The molecule has 1 heterocycles. The Morgan fingerprint density at radius 1 is 0.645 bits per heavy atom. The third-order valence-corrected chi connectivity index (χ3v) is 6.06. The first-order valence-corrected chi connectivity index (χ1v) is 12.5. The van der Waals surface area contributed by atoms with E-state index < -0.39 is 36.7 Å². The second-order valence-corrected chi connectivity index (χ2v) is 8.89. The predicted octanol–water partition coefficient (Wildman–Crippen LogP) is 3.59. The summed E-state index contributed by atoms with van der Waals surface area (Å²) in [4.78, 5) is 12.0. The molecule has 0 unspecified atom stereocenters. The van der Waals surface area contributed by atoms with Gasteiger partial charge in [0, 0.05) is 0 Å². The molecule has 0 aromatic rings. The van der Waals surface area contributed by atoms with Gasteiger partial charge in [0.1, 0.15) is 18.3 Å². The van der Waals surface area contributed by atoms with E-state index in [1.165, 1.54) is 83.5 Å². The number of esters is 1. The fourth-order valence-electron chi connectivity index (χ4n) is 3.96. The smallest absolute Gasteiger partial charge is 0.338 e. The van der Waals surface area contributed by atoms with E-state index in [9.17, 15) is 25.2 Å². The van der Waals surface area contributed by atoms with Crippen molar-refractivity contribution in [2.45, 2.75) is 140 Å². The summed E-state index contributed by atoms with van der Waals surface area (Å²) in [5.41, 5.74) is 0. The van der Waals surface area contributed by atoms with Gasteiger partial charge in [-0.2, -0.15) is 0 Å². The lowest BCUT2D eigenvalue weighted by molar-refractivity contribution is -0.281. The number of carbonyl (C=O) groups is 1. The first-order valence-electron chi connectivity index (χ1n) is 12.5. The van der Waals surface area contributed by atoms with Crippen LogP contribution in [0.25, 0.3) is 0 Å². The zero-order valence-electron chi connectivity index (χ0n) is 19.4. The molecule has 0 aliphatic carbocycles. The van der Waals surface area contributed by atoms with E-state index in [1.54, 1.807) is 0 Å². The van der Waals surface area contributed by atoms with Crippen LogP contribution >= 0.6 is 0 Å². The van der Waals surface area contributed by atoms with E-state index in [0.717, 1.165) is 19.3 Å². The van der Waals surface area contributed by atoms with Gasteiger partial charge in [-0.25, -0.2) is 4.79 Å². The van der Waals surface area contributed by atoms with Crippen LogP contribution in [0.5, 0.6) is 0 Å². The predicted molar refractivity (Wildman–Crippen MR) is 119 cm³/mol. The molecule has 1 aliphatic rings. The highest BCUT2D eigenvalue weighted by Gasteiger charge is 2.46. The van der Waals surface area contributed by atoms with Crippen LogP contribution in [0.3, 0.4) is 0 Å². The van der Waals surface area contributed by atoms with Gasteiger partial charge in [-0.1, -0.05) is 103 Å². The largest absolute Gasteiger partial charge is 0.464 e. The second-order valence-electron chi connectivity index (χ2n) is 8.89. The molecule has 1 aliphatic heterocycles. The molecule has 0 radical (unpaired) electrons. The van der Waals surface area contributed by atoms with Crippen molar-refractivity contribution >= 4 is 5.97 Å². The number of unbranched alkanes of at least 4 members (excludes halogenated alkanes) is 15. The number of ether oxygens (including phenoxy) is 2. The van der Waals surface area contributed by atoms with Gasteiger partial charge in [-0.15, -0.1) is 0 Å². The van der Waals surface area contributed by atoms with Crippen molar-refractivity contribution in [3.05, 3.63) is 0 Å². The average Bonchev–Trinajstić information content (AvgIpc) is 2.76. The Bertz CT molecular complexity index is 446. The summed E-state index contributed by atoms with van der Waals surface area (Å²) in [5, 5.41) is 38.3. The lowest BCUT2D eigenvalue weighted by Gasteiger charge is -2.36. The Morgan fingerprint density at radius 2 is 1.06 bits per heavy atom. The molecular weight excluding hydrogens is 400 g/mol. The van der Waals surface area contributed by atoms with Crippen molar-refractivity contribution in [1.82, 2.24) is 0 Å². The van der Waals surface area contributed by atoms with Crippen LogP contribution in [0.15, 0.2) is 0 Å². The fraction of sp³-hybridized carbons (Fsp3) is 0.958. The molecular formula is C24H46O7. The van der Waals surface area contributed by atoms with E-state index >= 15 is 0 Å². The topological polar surface area (TPSA) is 116 Å². The van der Waals surface area contributed by atoms with E-state index in [2.05, 4.69) is 6.92 Å². The molecule has 7 heteroatoms. The minimum absolute atomic E-state index is 0.207. The average molecular weight is 447 g/mol. The highest BCUT2D eigenvalue weighted by molar-refractivity contribution is 5.75. The van der Waals surface area contributed by atoms with Crippen molar-refractivity contribution in [2.24, 2.45) is 0 Å². The molecule has 31 heavy (non-hydrogen) atoms. The van der Waals surface area contributed by atoms with Gasteiger partial charge < -0.3 is 29.9 Å². The van der Waals surface area contributed by atoms with Crippen LogP contribution in [0, 0.1) is 0 Å². The second kappa shape index (κ2) is 17.8. The summed E-state index contributed by atoms with van der Waals surface area (Å²) in [6.45, 7) is 2.46. The maximum atomic E-state index is 12.0. The van der Waals surface area contributed by atoms with Crippen LogP contribution < -0.4 is 0 Å². The van der Waals surface area contributed by atoms with E-state index in [-0.39, 0.29) is 6.61 Å². The molecule has 184 valence electrons. The standard InChI is InChI=1S/C24H46O7/c1-2-3-4-5-6-7-8-9-10-11-12-13-14-15-16-17-18-30-24(29)22-20(26)19(25)21(27)23(28)31-22/h19-23,25-28H,2-18H2,1H3/t19-,20-,21+,22-,23+/m0/s1. The van der Waals surface area contributed by atoms with Crippen molar-refractivity contribution in [2.75, 3.05) is 6.61 Å². The molecule has 4 N–H and O–H groups in total. The van der Waals surface area contributed by atoms with Gasteiger partial charge in [0.05, 0.1) is 6.61 Å². The first kappa shape index (κ1) is 28.3. The molecule has 0 amide bonds. The lowest BCUT2D eigenvalue weighted by Crippen LogP contribution is -2.59. The molecule has 0 aromatic carbocycles. The summed E-state index contributed by atoms with van der Waals surface area (Å²) >= 11 is 0. The number of aliphatic hydroxyl groups excluding tert-OH is 4. The Morgan fingerprint density at radius 3 is 1.52 bits per heavy atom. The lowest BCUT2D eigenvalue weighted by atomic mass is 9.99. The molecule has 7 nitrogen and oxygen atoms in total. The molecule has 0 aromatic heterocycles. The van der Waals surface area contributed by atoms with Gasteiger partial charge in [-0.3, -0.25) is 0 Å². The van der Waals surface area contributed by atoms with Crippen LogP contribution in [-0.4, -0.2) is 63.7 Å². The van der Waals surface area contributed by atoms with Crippen LogP contribution in [-0.2, 0) is 14.3 Å². The molecule has 1 saturated heterocycles. The van der Waals surface area contributed by atoms with Gasteiger partial charge in [0.15, 0.2) is 12.4 Å². The van der Waals surface area contributed by atoms with Crippen LogP contribution in [0.4, 0.5) is 0 Å². The SMILES string of the molecule is CCCCCCCCCCCCCCCCCCOC(=O)[C@H]1O[C@@H](O)[C@H](O)[C@@H](O)[C@@H]1O. The monoisotopic (exact) mass is 446 g/mol. The molecule has 0 bridgehead atoms. The van der Waals surface area contributed by atoms with Crippen molar-refractivity contribution in [3.63, 3.8) is 0 Å². The van der Waals surface area contributed by atoms with E-state index in [1.807, 2.05) is 0 Å². The minimum atomic E-state index is -1.73. The third-order valence-electron chi connectivity index (χ3n) is 6.06.